The lowest BCUT2D eigenvalue weighted by Crippen LogP contribution is -2.42. The zero-order valence-electron chi connectivity index (χ0n) is 21.2. The molecular weight excluding hydrogens is 603 g/mol. The SMILES string of the molecule is CS(=O)(=O)Nc1ccc(-c2csc(SCCCCNC3CCN(Cc4ccc(Cl)c(Cl)c4)CC3)n2)cc1.Cl. The highest BCUT2D eigenvalue weighted by molar-refractivity contribution is 8.01. The van der Waals surface area contributed by atoms with E-state index in [-0.39, 0.29) is 12.4 Å². The number of thioether (sulfide) groups is 1. The predicted octanol–water partition coefficient (Wildman–Crippen LogP) is 7.04. The van der Waals surface area contributed by atoms with Gasteiger partial charge in [0, 0.05) is 35.0 Å². The molecule has 2 aromatic carbocycles. The fourth-order valence-electron chi connectivity index (χ4n) is 4.26. The molecule has 12 heteroatoms. The van der Waals surface area contributed by atoms with Crippen LogP contribution in [-0.4, -0.2) is 56.0 Å². The van der Waals surface area contributed by atoms with Crippen molar-refractivity contribution in [3.05, 3.63) is 63.5 Å². The third-order valence-electron chi connectivity index (χ3n) is 6.17. The van der Waals surface area contributed by atoms with E-state index in [1.54, 1.807) is 35.2 Å². The van der Waals surface area contributed by atoms with E-state index in [4.69, 9.17) is 28.2 Å². The monoisotopic (exact) mass is 634 g/mol. The number of aromatic nitrogens is 1. The highest BCUT2D eigenvalue weighted by Crippen LogP contribution is 2.29. The molecule has 2 heterocycles. The van der Waals surface area contributed by atoms with Crippen LogP contribution in [0.2, 0.25) is 10.0 Å². The number of nitrogens with zero attached hydrogens (tertiary/aromatic N) is 2. The van der Waals surface area contributed by atoms with Crippen LogP contribution in [0.25, 0.3) is 11.3 Å². The minimum atomic E-state index is -3.27. The van der Waals surface area contributed by atoms with Crippen LogP contribution in [0, 0.1) is 0 Å². The Balaban J connectivity index is 0.00000400. The van der Waals surface area contributed by atoms with Crippen LogP contribution in [-0.2, 0) is 16.6 Å². The smallest absolute Gasteiger partial charge is 0.229 e. The lowest BCUT2D eigenvalue weighted by Gasteiger charge is -2.32. The van der Waals surface area contributed by atoms with Gasteiger partial charge in [0.25, 0.3) is 0 Å². The number of sulfonamides is 1. The number of piperidine rings is 1. The van der Waals surface area contributed by atoms with Crippen LogP contribution in [0.15, 0.2) is 52.2 Å². The van der Waals surface area contributed by atoms with Crippen molar-refractivity contribution in [1.29, 1.82) is 0 Å². The molecule has 0 saturated carbocycles. The lowest BCUT2D eigenvalue weighted by molar-refractivity contribution is 0.190. The molecule has 0 aliphatic carbocycles. The van der Waals surface area contributed by atoms with Gasteiger partial charge in [0.2, 0.25) is 10.0 Å². The Hall–Kier alpha value is -1.04. The van der Waals surface area contributed by atoms with Gasteiger partial charge in [-0.25, -0.2) is 13.4 Å². The molecule has 38 heavy (non-hydrogen) atoms. The zero-order valence-corrected chi connectivity index (χ0v) is 25.9. The Morgan fingerprint density at radius 2 is 1.82 bits per heavy atom. The van der Waals surface area contributed by atoms with Crippen molar-refractivity contribution in [1.82, 2.24) is 15.2 Å². The van der Waals surface area contributed by atoms with Gasteiger partial charge in [-0.2, -0.15) is 0 Å². The van der Waals surface area contributed by atoms with Crippen LogP contribution in [0.4, 0.5) is 5.69 Å². The average Bonchev–Trinajstić information content (AvgIpc) is 3.33. The first-order valence-electron chi connectivity index (χ1n) is 12.3. The molecule has 4 rings (SSSR count). The van der Waals surface area contributed by atoms with Crippen molar-refractivity contribution in [2.75, 3.05) is 36.4 Å². The third kappa shape index (κ3) is 10.2. The van der Waals surface area contributed by atoms with Gasteiger partial charge in [-0.05, 0) is 75.1 Å². The van der Waals surface area contributed by atoms with Gasteiger partial charge in [-0.3, -0.25) is 9.62 Å². The Labute approximate surface area is 250 Å². The van der Waals surface area contributed by atoms with Crippen molar-refractivity contribution < 1.29 is 8.42 Å². The molecule has 3 aromatic rings. The fraction of sp³-hybridized carbons (Fsp3) is 0.423. The number of anilines is 1. The van der Waals surface area contributed by atoms with E-state index in [1.165, 1.54) is 18.4 Å². The number of thiazole rings is 1. The molecule has 0 atom stereocenters. The molecule has 0 bridgehead atoms. The number of nitrogens with one attached hydrogen (secondary N) is 2. The van der Waals surface area contributed by atoms with Crippen molar-refractivity contribution >= 4 is 74.4 Å². The largest absolute Gasteiger partial charge is 0.314 e. The summed E-state index contributed by atoms with van der Waals surface area (Å²) in [6.07, 6.45) is 5.79. The van der Waals surface area contributed by atoms with Gasteiger partial charge in [0.1, 0.15) is 0 Å². The summed E-state index contributed by atoms with van der Waals surface area (Å²) >= 11 is 15.6. The molecule has 0 spiro atoms. The quantitative estimate of drug-likeness (QED) is 0.164. The van der Waals surface area contributed by atoms with E-state index < -0.39 is 10.0 Å². The van der Waals surface area contributed by atoms with Crippen LogP contribution < -0.4 is 10.0 Å². The Morgan fingerprint density at radius 1 is 1.08 bits per heavy atom. The number of hydrogen-bond donors (Lipinski definition) is 2. The number of unbranched alkanes of at least 4 members (excludes halogenated alkanes) is 1. The summed E-state index contributed by atoms with van der Waals surface area (Å²) in [6.45, 7) is 4.16. The number of halogens is 3. The maximum Gasteiger partial charge on any atom is 0.229 e. The fourth-order valence-corrected chi connectivity index (χ4v) is 7.05. The van der Waals surface area contributed by atoms with E-state index in [1.807, 2.05) is 24.3 Å². The first-order chi connectivity index (χ1) is 17.7. The van der Waals surface area contributed by atoms with E-state index in [0.717, 1.165) is 66.6 Å². The Kier molecular flexibility index (Phi) is 12.5. The summed E-state index contributed by atoms with van der Waals surface area (Å²) in [7, 11) is -3.27. The lowest BCUT2D eigenvalue weighted by atomic mass is 10.0. The number of hydrogen-bond acceptors (Lipinski definition) is 7. The zero-order chi connectivity index (χ0) is 26.3. The molecule has 0 unspecified atom stereocenters. The van der Waals surface area contributed by atoms with E-state index in [2.05, 4.69) is 26.4 Å². The number of benzene rings is 2. The maximum absolute atomic E-state index is 11.4. The number of likely N-dealkylation sites (tertiary alicyclic amines) is 1. The van der Waals surface area contributed by atoms with Crippen molar-refractivity contribution in [2.45, 2.75) is 42.6 Å². The molecule has 0 radical (unpaired) electrons. The second-order valence-electron chi connectivity index (χ2n) is 9.26. The molecule has 1 fully saturated rings. The molecular formula is C26H33Cl3N4O2S3. The van der Waals surface area contributed by atoms with Crippen LogP contribution in [0.3, 0.4) is 0 Å². The summed E-state index contributed by atoms with van der Waals surface area (Å²) < 4.78 is 26.3. The minimum absolute atomic E-state index is 0. The molecule has 2 N–H and O–H groups in total. The Morgan fingerprint density at radius 3 is 2.50 bits per heavy atom. The summed E-state index contributed by atoms with van der Waals surface area (Å²) in [5.74, 6) is 1.05. The molecule has 1 aliphatic rings. The standard InChI is InChI=1S/C26H32Cl2N4O2S3.ClH/c1-37(33,34)31-22-7-5-20(6-8-22)25-18-36-26(30-25)35-15-3-2-12-29-21-10-13-32(14-11-21)17-19-4-9-23(27)24(28)16-19;/h4-9,16,18,21,29,31H,2-3,10-15,17H2,1H3;1H. The van der Waals surface area contributed by atoms with Gasteiger partial charge in [0.15, 0.2) is 4.34 Å². The normalized spacial score (nSPS) is 14.8. The van der Waals surface area contributed by atoms with Gasteiger partial charge < -0.3 is 5.32 Å². The highest BCUT2D eigenvalue weighted by Gasteiger charge is 2.19. The number of rotatable bonds is 12. The van der Waals surface area contributed by atoms with Gasteiger partial charge in [-0.1, -0.05) is 53.2 Å². The summed E-state index contributed by atoms with van der Waals surface area (Å²) in [5, 5.41) is 7.02. The van der Waals surface area contributed by atoms with E-state index >= 15 is 0 Å². The summed E-state index contributed by atoms with van der Waals surface area (Å²) in [5.41, 5.74) is 3.67. The van der Waals surface area contributed by atoms with Crippen LogP contribution in [0.1, 0.15) is 31.2 Å². The first kappa shape index (κ1) is 31.5. The molecule has 1 aromatic heterocycles. The van der Waals surface area contributed by atoms with E-state index in [0.29, 0.717) is 21.8 Å². The molecule has 0 amide bonds. The first-order valence-corrected chi connectivity index (χ1v) is 16.8. The van der Waals surface area contributed by atoms with Crippen molar-refractivity contribution in [3.63, 3.8) is 0 Å². The van der Waals surface area contributed by atoms with Gasteiger partial charge in [-0.15, -0.1) is 23.7 Å². The Bertz CT molecular complexity index is 1260. The van der Waals surface area contributed by atoms with Crippen LogP contribution >= 0.6 is 58.7 Å². The molecule has 1 saturated heterocycles. The predicted molar refractivity (Wildman–Crippen MR) is 166 cm³/mol. The summed E-state index contributed by atoms with van der Waals surface area (Å²) in [4.78, 5) is 7.21. The van der Waals surface area contributed by atoms with E-state index in [9.17, 15) is 8.42 Å². The van der Waals surface area contributed by atoms with Crippen molar-refractivity contribution in [2.24, 2.45) is 0 Å². The van der Waals surface area contributed by atoms with Crippen LogP contribution in [0.5, 0.6) is 0 Å². The second-order valence-corrected chi connectivity index (χ2v) is 14.0. The molecule has 208 valence electrons. The second kappa shape index (κ2) is 15.1. The highest BCUT2D eigenvalue weighted by atomic mass is 35.5. The molecule has 6 nitrogen and oxygen atoms in total. The maximum atomic E-state index is 11.4. The van der Waals surface area contributed by atoms with Gasteiger partial charge >= 0.3 is 0 Å². The third-order valence-corrected chi connectivity index (χ3v) is 9.63. The van der Waals surface area contributed by atoms with Crippen molar-refractivity contribution in [3.8, 4) is 11.3 Å². The molecule has 1 aliphatic heterocycles. The topological polar surface area (TPSA) is 74.3 Å². The minimum Gasteiger partial charge on any atom is -0.314 e. The van der Waals surface area contributed by atoms with Gasteiger partial charge in [0.05, 0.1) is 22.0 Å². The average molecular weight is 636 g/mol. The summed E-state index contributed by atoms with van der Waals surface area (Å²) in [6, 6.07) is 13.8.